The zero-order chi connectivity index (χ0) is 16.4. The van der Waals surface area contributed by atoms with Crippen molar-refractivity contribution in [3.05, 3.63) is 35.6 Å². The fraction of sp³-hybridized carbons (Fsp3) is 0.500. The highest BCUT2D eigenvalue weighted by Crippen LogP contribution is 2.13. The minimum absolute atomic E-state index is 0.0394. The Bertz CT molecular complexity index is 479. The maximum Gasteiger partial charge on any atom is 0.305 e. The first-order valence-electron chi connectivity index (χ1n) is 7.34. The number of aliphatic carboxylic acids is 1. The van der Waals surface area contributed by atoms with Crippen LogP contribution in [0, 0.1) is 5.82 Å². The Morgan fingerprint density at radius 3 is 2.59 bits per heavy atom. The molecule has 6 heteroatoms. The summed E-state index contributed by atoms with van der Waals surface area (Å²) in [4.78, 5) is 22.5. The second-order valence-corrected chi connectivity index (χ2v) is 6.19. The zero-order valence-corrected chi connectivity index (χ0v) is 13.5. The molecule has 0 bridgehead atoms. The van der Waals surface area contributed by atoms with Crippen molar-refractivity contribution in [1.29, 1.82) is 0 Å². The zero-order valence-electron chi connectivity index (χ0n) is 12.7. The highest BCUT2D eigenvalue weighted by atomic mass is 32.2. The predicted molar refractivity (Wildman–Crippen MR) is 86.3 cm³/mol. The molecule has 0 aromatic heterocycles. The molecule has 4 nitrogen and oxygen atoms in total. The van der Waals surface area contributed by atoms with Crippen LogP contribution >= 0.6 is 11.8 Å². The van der Waals surface area contributed by atoms with E-state index < -0.39 is 5.97 Å². The maximum absolute atomic E-state index is 12.8. The number of carboxylic acids is 1. The van der Waals surface area contributed by atoms with E-state index in [1.807, 2.05) is 6.92 Å². The topological polar surface area (TPSA) is 66.4 Å². The third-order valence-corrected chi connectivity index (χ3v) is 4.11. The van der Waals surface area contributed by atoms with Crippen molar-refractivity contribution in [1.82, 2.24) is 5.32 Å². The van der Waals surface area contributed by atoms with Crippen LogP contribution < -0.4 is 5.32 Å². The van der Waals surface area contributed by atoms with Crippen LogP contribution in [0.15, 0.2) is 24.3 Å². The lowest BCUT2D eigenvalue weighted by Crippen LogP contribution is -2.36. The van der Waals surface area contributed by atoms with Gasteiger partial charge in [0.25, 0.3) is 0 Å². The molecule has 0 aliphatic carbocycles. The SMILES string of the molecule is CCC[C@H](CC(=O)O)NC(=O)CCSCc1ccc(F)cc1. The number of amides is 1. The Hall–Kier alpha value is -1.56. The van der Waals surface area contributed by atoms with Crippen molar-refractivity contribution in [2.45, 2.75) is 44.4 Å². The molecule has 0 saturated heterocycles. The lowest BCUT2D eigenvalue weighted by Gasteiger charge is -2.15. The number of rotatable bonds is 10. The van der Waals surface area contributed by atoms with E-state index in [2.05, 4.69) is 5.32 Å². The largest absolute Gasteiger partial charge is 0.481 e. The van der Waals surface area contributed by atoms with E-state index >= 15 is 0 Å². The van der Waals surface area contributed by atoms with Crippen molar-refractivity contribution in [2.75, 3.05) is 5.75 Å². The predicted octanol–water partition coefficient (Wildman–Crippen LogP) is 3.21. The second-order valence-electron chi connectivity index (χ2n) is 5.08. The summed E-state index contributed by atoms with van der Waals surface area (Å²) < 4.78 is 12.8. The van der Waals surface area contributed by atoms with Crippen molar-refractivity contribution in [3.63, 3.8) is 0 Å². The third-order valence-electron chi connectivity index (χ3n) is 3.08. The smallest absolute Gasteiger partial charge is 0.305 e. The van der Waals surface area contributed by atoms with Crippen molar-refractivity contribution >= 4 is 23.6 Å². The van der Waals surface area contributed by atoms with Gasteiger partial charge in [0.05, 0.1) is 6.42 Å². The van der Waals surface area contributed by atoms with Crippen LogP contribution in [0.5, 0.6) is 0 Å². The lowest BCUT2D eigenvalue weighted by molar-refractivity contribution is -0.137. The number of halogens is 1. The van der Waals surface area contributed by atoms with E-state index in [1.54, 1.807) is 23.9 Å². The number of hydrogen-bond donors (Lipinski definition) is 2. The molecular weight excluding hydrogens is 305 g/mol. The van der Waals surface area contributed by atoms with Gasteiger partial charge in [0.15, 0.2) is 0 Å². The quantitative estimate of drug-likeness (QED) is 0.648. The minimum Gasteiger partial charge on any atom is -0.481 e. The standard InChI is InChI=1S/C16H22FNO3S/c1-2-3-14(10-16(20)21)18-15(19)8-9-22-11-12-4-6-13(17)7-5-12/h4-7,14H,2-3,8-11H2,1H3,(H,18,19)(H,20,21)/t14-/m1/s1. The molecule has 0 spiro atoms. The van der Waals surface area contributed by atoms with Crippen LogP contribution in [0.4, 0.5) is 4.39 Å². The molecule has 122 valence electrons. The normalized spacial score (nSPS) is 11.9. The molecule has 0 unspecified atom stereocenters. The average molecular weight is 327 g/mol. The summed E-state index contributed by atoms with van der Waals surface area (Å²) in [5.74, 6) is 0.0974. The van der Waals surface area contributed by atoms with Gasteiger partial charge in [-0.25, -0.2) is 4.39 Å². The molecule has 2 N–H and O–H groups in total. The molecule has 0 aliphatic heterocycles. The van der Waals surface area contributed by atoms with Crippen molar-refractivity contribution < 1.29 is 19.1 Å². The van der Waals surface area contributed by atoms with E-state index in [1.165, 1.54) is 12.1 Å². The first kappa shape index (κ1) is 18.5. The number of carboxylic acid groups (broad SMARTS) is 1. The molecule has 0 heterocycles. The van der Waals surface area contributed by atoms with Gasteiger partial charge in [0.1, 0.15) is 5.82 Å². The molecule has 1 atom stereocenters. The second kappa shape index (κ2) is 10.2. The van der Waals surface area contributed by atoms with Gasteiger partial charge in [-0.3, -0.25) is 9.59 Å². The summed E-state index contributed by atoms with van der Waals surface area (Å²) in [7, 11) is 0. The molecule has 0 saturated carbocycles. The monoisotopic (exact) mass is 327 g/mol. The highest BCUT2D eigenvalue weighted by molar-refractivity contribution is 7.98. The summed E-state index contributed by atoms with van der Waals surface area (Å²) in [6.45, 7) is 1.96. The molecular formula is C16H22FNO3S. The highest BCUT2D eigenvalue weighted by Gasteiger charge is 2.14. The van der Waals surface area contributed by atoms with Gasteiger partial charge in [-0.1, -0.05) is 25.5 Å². The van der Waals surface area contributed by atoms with E-state index in [-0.39, 0.29) is 24.2 Å². The fourth-order valence-electron chi connectivity index (χ4n) is 2.02. The van der Waals surface area contributed by atoms with Gasteiger partial charge < -0.3 is 10.4 Å². The molecule has 0 fully saturated rings. The maximum atomic E-state index is 12.8. The minimum atomic E-state index is -0.899. The molecule has 22 heavy (non-hydrogen) atoms. The molecule has 1 rings (SSSR count). The molecule has 1 aromatic carbocycles. The summed E-state index contributed by atoms with van der Waals surface area (Å²) >= 11 is 1.60. The van der Waals surface area contributed by atoms with Crippen LogP contribution in [-0.4, -0.2) is 28.8 Å². The van der Waals surface area contributed by atoms with Gasteiger partial charge in [-0.05, 0) is 24.1 Å². The van der Waals surface area contributed by atoms with Gasteiger partial charge in [-0.2, -0.15) is 11.8 Å². The van der Waals surface area contributed by atoms with Crippen molar-refractivity contribution in [3.8, 4) is 0 Å². The molecule has 1 amide bonds. The summed E-state index contributed by atoms with van der Waals surface area (Å²) in [5.41, 5.74) is 1.02. The summed E-state index contributed by atoms with van der Waals surface area (Å²) in [6.07, 6.45) is 1.81. The Kier molecular flexibility index (Phi) is 8.58. The summed E-state index contributed by atoms with van der Waals surface area (Å²) in [5, 5.41) is 11.6. The number of carbonyl (C=O) groups is 2. The number of benzene rings is 1. The number of nitrogens with one attached hydrogen (secondary N) is 1. The Labute approximate surface area is 134 Å². The summed E-state index contributed by atoms with van der Waals surface area (Å²) in [6, 6.07) is 6.00. The Balaban J connectivity index is 2.24. The van der Waals surface area contributed by atoms with Crippen LogP contribution in [0.3, 0.4) is 0 Å². The molecule has 0 radical (unpaired) electrons. The average Bonchev–Trinajstić information content (AvgIpc) is 2.45. The number of carbonyl (C=O) groups excluding carboxylic acids is 1. The fourth-order valence-corrected chi connectivity index (χ4v) is 2.92. The number of hydrogen-bond acceptors (Lipinski definition) is 3. The van der Waals surface area contributed by atoms with E-state index in [0.29, 0.717) is 18.6 Å². The number of thioether (sulfide) groups is 1. The molecule has 1 aromatic rings. The first-order valence-corrected chi connectivity index (χ1v) is 8.50. The molecule has 0 aliphatic rings. The Morgan fingerprint density at radius 1 is 1.32 bits per heavy atom. The van der Waals surface area contributed by atoms with Crippen LogP contribution in [-0.2, 0) is 15.3 Å². The van der Waals surface area contributed by atoms with Crippen molar-refractivity contribution in [2.24, 2.45) is 0 Å². The van der Waals surface area contributed by atoms with Gasteiger partial charge >= 0.3 is 5.97 Å². The van der Waals surface area contributed by atoms with E-state index in [4.69, 9.17) is 5.11 Å². The Morgan fingerprint density at radius 2 is 2.00 bits per heavy atom. The van der Waals surface area contributed by atoms with Crippen LogP contribution in [0.2, 0.25) is 0 Å². The first-order chi connectivity index (χ1) is 10.5. The van der Waals surface area contributed by atoms with Gasteiger partial charge in [0.2, 0.25) is 5.91 Å². The lowest BCUT2D eigenvalue weighted by atomic mass is 10.1. The van der Waals surface area contributed by atoms with Gasteiger partial charge in [0, 0.05) is 24.0 Å². The van der Waals surface area contributed by atoms with Crippen LogP contribution in [0.25, 0.3) is 0 Å². The third kappa shape index (κ3) is 8.02. The van der Waals surface area contributed by atoms with Gasteiger partial charge in [-0.15, -0.1) is 0 Å². The van der Waals surface area contributed by atoms with E-state index in [9.17, 15) is 14.0 Å². The van der Waals surface area contributed by atoms with Crippen LogP contribution in [0.1, 0.15) is 38.2 Å². The van der Waals surface area contributed by atoms with E-state index in [0.717, 1.165) is 17.7 Å².